The van der Waals surface area contributed by atoms with Gasteiger partial charge in [0.15, 0.2) is 0 Å². The lowest BCUT2D eigenvalue weighted by Gasteiger charge is -2.04. The molecule has 0 aromatic carbocycles. The van der Waals surface area contributed by atoms with Crippen LogP contribution in [0.15, 0.2) is 23.4 Å². The van der Waals surface area contributed by atoms with Crippen LogP contribution in [0.5, 0.6) is 0 Å². The Hall–Kier alpha value is -1.18. The second-order valence-electron chi connectivity index (χ2n) is 2.67. The molecule has 0 aliphatic carbocycles. The minimum absolute atomic E-state index is 0.0143. The summed E-state index contributed by atoms with van der Waals surface area (Å²) in [5, 5.41) is 7.83. The van der Waals surface area contributed by atoms with E-state index in [1.807, 2.05) is 0 Å². The molecule has 78 valence electrons. The van der Waals surface area contributed by atoms with Crippen LogP contribution in [0.1, 0.15) is 0 Å². The SMILES string of the molecule is NCCNc1cncc(S(N)(=O)=O)c1. The number of sulfonamides is 1. The molecule has 6 nitrogen and oxygen atoms in total. The first kappa shape index (κ1) is 10.9. The van der Waals surface area contributed by atoms with Crippen molar-refractivity contribution in [3.8, 4) is 0 Å². The first-order valence-corrected chi connectivity index (χ1v) is 5.50. The van der Waals surface area contributed by atoms with Gasteiger partial charge in [-0.3, -0.25) is 4.98 Å². The molecular weight excluding hydrogens is 204 g/mol. The summed E-state index contributed by atoms with van der Waals surface area (Å²) in [6, 6.07) is 1.41. The molecule has 0 atom stereocenters. The number of pyridine rings is 1. The lowest BCUT2D eigenvalue weighted by Crippen LogP contribution is -2.15. The van der Waals surface area contributed by atoms with E-state index in [9.17, 15) is 8.42 Å². The van der Waals surface area contributed by atoms with Gasteiger partial charge in [0, 0.05) is 19.3 Å². The molecule has 1 rings (SSSR count). The van der Waals surface area contributed by atoms with Crippen molar-refractivity contribution in [2.75, 3.05) is 18.4 Å². The van der Waals surface area contributed by atoms with Gasteiger partial charge in [-0.05, 0) is 6.07 Å². The normalized spacial score (nSPS) is 11.3. The number of primary sulfonamides is 1. The third kappa shape index (κ3) is 2.95. The van der Waals surface area contributed by atoms with Crippen molar-refractivity contribution in [1.29, 1.82) is 0 Å². The van der Waals surface area contributed by atoms with Gasteiger partial charge in [0.25, 0.3) is 0 Å². The van der Waals surface area contributed by atoms with Crippen LogP contribution in [-0.4, -0.2) is 26.5 Å². The lowest BCUT2D eigenvalue weighted by atomic mass is 10.4. The number of aromatic nitrogens is 1. The third-order valence-electron chi connectivity index (χ3n) is 1.52. The zero-order valence-electron chi connectivity index (χ0n) is 7.47. The number of nitrogens with one attached hydrogen (secondary N) is 1. The largest absolute Gasteiger partial charge is 0.382 e. The van der Waals surface area contributed by atoms with Gasteiger partial charge < -0.3 is 11.1 Å². The van der Waals surface area contributed by atoms with Crippen LogP contribution in [0.25, 0.3) is 0 Å². The molecule has 0 unspecified atom stereocenters. The molecular formula is C7H12N4O2S. The first-order chi connectivity index (χ1) is 6.54. The fraction of sp³-hybridized carbons (Fsp3) is 0.286. The summed E-state index contributed by atoms with van der Waals surface area (Å²) in [6.45, 7) is 1.01. The Kier molecular flexibility index (Phi) is 3.39. The Morgan fingerprint density at radius 3 is 2.71 bits per heavy atom. The molecule has 0 amide bonds. The first-order valence-electron chi connectivity index (χ1n) is 3.96. The lowest BCUT2D eigenvalue weighted by molar-refractivity contribution is 0.597. The molecule has 0 radical (unpaired) electrons. The van der Waals surface area contributed by atoms with Gasteiger partial charge in [-0.25, -0.2) is 13.6 Å². The topological polar surface area (TPSA) is 111 Å². The molecule has 5 N–H and O–H groups in total. The molecule has 0 saturated heterocycles. The number of hydrogen-bond donors (Lipinski definition) is 3. The van der Waals surface area contributed by atoms with Crippen molar-refractivity contribution < 1.29 is 8.42 Å². The van der Waals surface area contributed by atoms with Crippen LogP contribution in [0.2, 0.25) is 0 Å². The Balaban J connectivity index is 2.90. The molecule has 14 heavy (non-hydrogen) atoms. The van der Waals surface area contributed by atoms with E-state index in [0.717, 1.165) is 0 Å². The van der Waals surface area contributed by atoms with E-state index in [0.29, 0.717) is 18.8 Å². The van der Waals surface area contributed by atoms with Gasteiger partial charge in [-0.2, -0.15) is 0 Å². The summed E-state index contributed by atoms with van der Waals surface area (Å²) in [6.07, 6.45) is 2.70. The zero-order valence-corrected chi connectivity index (χ0v) is 8.29. The van der Waals surface area contributed by atoms with E-state index in [4.69, 9.17) is 10.9 Å². The number of nitrogens with zero attached hydrogens (tertiary/aromatic N) is 1. The van der Waals surface area contributed by atoms with Crippen LogP contribution in [0.4, 0.5) is 5.69 Å². The minimum atomic E-state index is -3.68. The third-order valence-corrected chi connectivity index (χ3v) is 2.40. The van der Waals surface area contributed by atoms with Crippen molar-refractivity contribution >= 4 is 15.7 Å². The number of anilines is 1. The van der Waals surface area contributed by atoms with Gasteiger partial charge in [0.05, 0.1) is 11.9 Å². The van der Waals surface area contributed by atoms with E-state index in [1.54, 1.807) is 0 Å². The van der Waals surface area contributed by atoms with E-state index in [1.165, 1.54) is 18.5 Å². The Morgan fingerprint density at radius 1 is 1.43 bits per heavy atom. The maximum Gasteiger partial charge on any atom is 0.239 e. The summed E-state index contributed by atoms with van der Waals surface area (Å²) in [7, 11) is -3.68. The van der Waals surface area contributed by atoms with Crippen LogP contribution in [0.3, 0.4) is 0 Å². The number of nitrogens with two attached hydrogens (primary N) is 2. The van der Waals surface area contributed by atoms with Crippen LogP contribution >= 0.6 is 0 Å². The Bertz CT molecular complexity index is 404. The van der Waals surface area contributed by atoms with Gasteiger partial charge in [-0.15, -0.1) is 0 Å². The molecule has 7 heteroatoms. The van der Waals surface area contributed by atoms with Crippen molar-refractivity contribution in [1.82, 2.24) is 4.98 Å². The van der Waals surface area contributed by atoms with Gasteiger partial charge in [0.1, 0.15) is 4.90 Å². The maximum atomic E-state index is 10.9. The molecule has 0 bridgehead atoms. The van der Waals surface area contributed by atoms with Crippen molar-refractivity contribution in [3.05, 3.63) is 18.5 Å². The summed E-state index contributed by atoms with van der Waals surface area (Å²) in [5.41, 5.74) is 5.86. The monoisotopic (exact) mass is 216 g/mol. The highest BCUT2D eigenvalue weighted by Crippen LogP contribution is 2.11. The summed E-state index contributed by atoms with van der Waals surface area (Å²) >= 11 is 0. The fourth-order valence-electron chi connectivity index (χ4n) is 0.888. The molecule has 0 fully saturated rings. The smallest absolute Gasteiger partial charge is 0.239 e. The second-order valence-corrected chi connectivity index (χ2v) is 4.23. The second kappa shape index (κ2) is 4.36. The molecule has 0 aliphatic heterocycles. The molecule has 1 aromatic rings. The average Bonchev–Trinajstić information content (AvgIpc) is 2.14. The molecule has 0 spiro atoms. The minimum Gasteiger partial charge on any atom is -0.382 e. The van der Waals surface area contributed by atoms with Crippen LogP contribution < -0.4 is 16.2 Å². The fourth-order valence-corrected chi connectivity index (χ4v) is 1.39. The van der Waals surface area contributed by atoms with Crippen molar-refractivity contribution in [2.45, 2.75) is 4.90 Å². The molecule has 1 aromatic heterocycles. The van der Waals surface area contributed by atoms with Crippen molar-refractivity contribution in [2.24, 2.45) is 10.9 Å². The van der Waals surface area contributed by atoms with E-state index in [2.05, 4.69) is 10.3 Å². The van der Waals surface area contributed by atoms with Gasteiger partial charge >= 0.3 is 0 Å². The predicted molar refractivity (Wildman–Crippen MR) is 53.2 cm³/mol. The zero-order chi connectivity index (χ0) is 10.6. The summed E-state index contributed by atoms with van der Waals surface area (Å²) < 4.78 is 21.9. The van der Waals surface area contributed by atoms with E-state index >= 15 is 0 Å². The predicted octanol–water partition coefficient (Wildman–Crippen LogP) is -0.900. The molecule has 1 heterocycles. The standard InChI is InChI=1S/C7H12N4O2S/c8-1-2-11-6-3-7(5-10-4-6)14(9,12)13/h3-5,11H,1-2,8H2,(H2,9,12,13). The van der Waals surface area contributed by atoms with Crippen LogP contribution in [0, 0.1) is 0 Å². The maximum absolute atomic E-state index is 10.9. The van der Waals surface area contributed by atoms with Crippen LogP contribution in [-0.2, 0) is 10.0 Å². The quantitative estimate of drug-likeness (QED) is 0.604. The van der Waals surface area contributed by atoms with E-state index < -0.39 is 10.0 Å². The van der Waals surface area contributed by atoms with E-state index in [-0.39, 0.29) is 4.90 Å². The Labute approximate surface area is 82.4 Å². The summed E-state index contributed by atoms with van der Waals surface area (Å²) in [5.74, 6) is 0. The van der Waals surface area contributed by atoms with Crippen molar-refractivity contribution in [3.63, 3.8) is 0 Å². The summed E-state index contributed by atoms with van der Waals surface area (Å²) in [4.78, 5) is 3.73. The molecule has 0 saturated carbocycles. The highest BCUT2D eigenvalue weighted by Gasteiger charge is 2.08. The highest BCUT2D eigenvalue weighted by molar-refractivity contribution is 7.89. The Morgan fingerprint density at radius 2 is 2.14 bits per heavy atom. The number of hydrogen-bond acceptors (Lipinski definition) is 5. The average molecular weight is 216 g/mol. The van der Waals surface area contributed by atoms with Gasteiger partial charge in [-0.1, -0.05) is 0 Å². The highest BCUT2D eigenvalue weighted by atomic mass is 32.2. The number of rotatable bonds is 4. The molecule has 0 aliphatic rings. The van der Waals surface area contributed by atoms with Gasteiger partial charge in [0.2, 0.25) is 10.0 Å².